The monoisotopic (exact) mass is 352 g/mol. The van der Waals surface area contributed by atoms with Gasteiger partial charge in [0.25, 0.3) is 5.91 Å². The number of fused-ring (bicyclic) bond motifs is 1. The molecule has 2 aliphatic heterocycles. The summed E-state index contributed by atoms with van der Waals surface area (Å²) in [5.74, 6) is 0.0943. The second kappa shape index (κ2) is 6.40. The average molecular weight is 352 g/mol. The van der Waals surface area contributed by atoms with E-state index in [0.29, 0.717) is 44.1 Å². The number of benzene rings is 1. The summed E-state index contributed by atoms with van der Waals surface area (Å²) in [6, 6.07) is 9.07. The molecule has 0 spiro atoms. The molecule has 0 unspecified atom stereocenters. The predicted molar refractivity (Wildman–Crippen MR) is 94.8 cm³/mol. The summed E-state index contributed by atoms with van der Waals surface area (Å²) >= 11 is 0. The summed E-state index contributed by atoms with van der Waals surface area (Å²) < 4.78 is 5.56. The van der Waals surface area contributed by atoms with Crippen LogP contribution in [0.4, 0.5) is 5.95 Å². The standard InChI is InChI=1S/C19H20N4O3/c1-19(13-14-5-2-3-6-15(14)16(24)26-19)17(25)22-9-11-23(12-10-22)18-20-7-4-8-21-18/h2-8H,9-13H2,1H3/t19-/m1/s1. The Hall–Kier alpha value is -2.96. The largest absolute Gasteiger partial charge is 0.445 e. The van der Waals surface area contributed by atoms with Crippen molar-refractivity contribution in [3.63, 3.8) is 0 Å². The van der Waals surface area contributed by atoms with E-state index < -0.39 is 11.6 Å². The lowest BCUT2D eigenvalue weighted by Gasteiger charge is -2.40. The highest BCUT2D eigenvalue weighted by molar-refractivity contribution is 5.97. The van der Waals surface area contributed by atoms with Gasteiger partial charge in [0.05, 0.1) is 5.56 Å². The third kappa shape index (κ3) is 2.89. The Balaban J connectivity index is 1.46. The molecule has 1 fully saturated rings. The predicted octanol–water partition coefficient (Wildman–Crippen LogP) is 1.30. The lowest BCUT2D eigenvalue weighted by molar-refractivity contribution is -0.151. The van der Waals surface area contributed by atoms with Gasteiger partial charge in [0.2, 0.25) is 5.95 Å². The molecule has 7 heteroatoms. The van der Waals surface area contributed by atoms with Crippen LogP contribution >= 0.6 is 0 Å². The van der Waals surface area contributed by atoms with Gasteiger partial charge in [-0.05, 0) is 24.6 Å². The van der Waals surface area contributed by atoms with Crippen LogP contribution in [0.5, 0.6) is 0 Å². The Labute approximate surface area is 151 Å². The molecule has 0 aliphatic carbocycles. The highest BCUT2D eigenvalue weighted by Gasteiger charge is 2.45. The zero-order valence-electron chi connectivity index (χ0n) is 14.6. The number of amides is 1. The first kappa shape index (κ1) is 16.5. The van der Waals surface area contributed by atoms with Crippen LogP contribution in [0.2, 0.25) is 0 Å². The van der Waals surface area contributed by atoms with Crippen molar-refractivity contribution in [1.82, 2.24) is 14.9 Å². The SMILES string of the molecule is C[C@]1(C(=O)N2CCN(c3ncccn3)CC2)Cc2ccccc2C(=O)O1. The molecule has 0 radical (unpaired) electrons. The van der Waals surface area contributed by atoms with Gasteiger partial charge in [0.1, 0.15) is 0 Å². The van der Waals surface area contributed by atoms with Gasteiger partial charge in [0.15, 0.2) is 5.60 Å². The number of hydrogen-bond acceptors (Lipinski definition) is 6. The molecule has 0 bridgehead atoms. The van der Waals surface area contributed by atoms with E-state index in [4.69, 9.17) is 4.74 Å². The molecule has 1 aromatic heterocycles. The molecule has 26 heavy (non-hydrogen) atoms. The fraction of sp³-hybridized carbons (Fsp3) is 0.368. The quantitative estimate of drug-likeness (QED) is 0.759. The fourth-order valence-corrected chi connectivity index (χ4v) is 3.55. The van der Waals surface area contributed by atoms with Crippen molar-refractivity contribution in [1.29, 1.82) is 0 Å². The van der Waals surface area contributed by atoms with E-state index in [9.17, 15) is 9.59 Å². The van der Waals surface area contributed by atoms with Gasteiger partial charge in [-0.25, -0.2) is 14.8 Å². The van der Waals surface area contributed by atoms with Crippen LogP contribution in [0.1, 0.15) is 22.8 Å². The van der Waals surface area contributed by atoms with Crippen LogP contribution in [-0.4, -0.2) is 58.5 Å². The number of ether oxygens (including phenoxy) is 1. The van der Waals surface area contributed by atoms with Gasteiger partial charge in [-0.15, -0.1) is 0 Å². The average Bonchev–Trinajstić information content (AvgIpc) is 2.68. The molecule has 2 aromatic rings. The number of carbonyl (C=O) groups is 2. The molecule has 1 aromatic carbocycles. The van der Waals surface area contributed by atoms with Gasteiger partial charge >= 0.3 is 5.97 Å². The molecular formula is C19H20N4O3. The van der Waals surface area contributed by atoms with E-state index in [2.05, 4.69) is 9.97 Å². The van der Waals surface area contributed by atoms with E-state index in [1.54, 1.807) is 42.4 Å². The highest BCUT2D eigenvalue weighted by Crippen LogP contribution is 2.30. The number of esters is 1. The van der Waals surface area contributed by atoms with Crippen LogP contribution in [0.3, 0.4) is 0 Å². The molecular weight excluding hydrogens is 332 g/mol. The molecule has 0 saturated carbocycles. The van der Waals surface area contributed by atoms with Crippen molar-refractivity contribution in [2.45, 2.75) is 18.9 Å². The maximum absolute atomic E-state index is 13.1. The second-order valence-corrected chi connectivity index (χ2v) is 6.78. The number of aromatic nitrogens is 2. The molecule has 134 valence electrons. The summed E-state index contributed by atoms with van der Waals surface area (Å²) in [6.07, 6.45) is 3.81. The lowest BCUT2D eigenvalue weighted by atomic mass is 9.88. The Morgan fingerprint density at radius 1 is 1.08 bits per heavy atom. The van der Waals surface area contributed by atoms with Crippen LogP contribution in [0.25, 0.3) is 0 Å². The number of piperazine rings is 1. The maximum Gasteiger partial charge on any atom is 0.339 e. The van der Waals surface area contributed by atoms with Crippen molar-refractivity contribution in [3.8, 4) is 0 Å². The van der Waals surface area contributed by atoms with E-state index in [0.717, 1.165) is 5.56 Å². The summed E-state index contributed by atoms with van der Waals surface area (Å²) in [4.78, 5) is 37.7. The second-order valence-electron chi connectivity index (χ2n) is 6.78. The molecule has 3 heterocycles. The highest BCUT2D eigenvalue weighted by atomic mass is 16.6. The van der Waals surface area contributed by atoms with E-state index in [1.807, 2.05) is 17.0 Å². The minimum Gasteiger partial charge on any atom is -0.445 e. The van der Waals surface area contributed by atoms with Crippen LogP contribution in [0.15, 0.2) is 42.7 Å². The number of carbonyl (C=O) groups excluding carboxylic acids is 2. The zero-order chi connectivity index (χ0) is 18.1. The fourth-order valence-electron chi connectivity index (χ4n) is 3.55. The van der Waals surface area contributed by atoms with E-state index >= 15 is 0 Å². The Kier molecular flexibility index (Phi) is 4.06. The van der Waals surface area contributed by atoms with Crippen molar-refractivity contribution >= 4 is 17.8 Å². The lowest BCUT2D eigenvalue weighted by Crippen LogP contribution is -2.58. The normalized spacial score (nSPS) is 22.6. The van der Waals surface area contributed by atoms with Crippen LogP contribution < -0.4 is 4.90 Å². The third-order valence-electron chi connectivity index (χ3n) is 4.94. The Morgan fingerprint density at radius 3 is 2.50 bits per heavy atom. The van der Waals surface area contributed by atoms with Gasteiger partial charge in [-0.1, -0.05) is 18.2 Å². The molecule has 1 amide bonds. The van der Waals surface area contributed by atoms with Crippen LogP contribution in [-0.2, 0) is 16.0 Å². The van der Waals surface area contributed by atoms with Crippen molar-refractivity contribution in [2.75, 3.05) is 31.1 Å². The molecule has 4 rings (SSSR count). The first-order valence-corrected chi connectivity index (χ1v) is 8.69. The number of hydrogen-bond donors (Lipinski definition) is 0. The maximum atomic E-state index is 13.1. The van der Waals surface area contributed by atoms with Gasteiger partial charge < -0.3 is 14.5 Å². The summed E-state index contributed by atoms with van der Waals surface area (Å²) in [6.45, 7) is 4.10. The van der Waals surface area contributed by atoms with Gasteiger partial charge in [-0.2, -0.15) is 0 Å². The first-order chi connectivity index (χ1) is 12.6. The van der Waals surface area contributed by atoms with E-state index in [-0.39, 0.29) is 5.91 Å². The van der Waals surface area contributed by atoms with Gasteiger partial charge in [-0.3, -0.25) is 4.79 Å². The number of rotatable bonds is 2. The minimum absolute atomic E-state index is 0.144. The summed E-state index contributed by atoms with van der Waals surface area (Å²) in [7, 11) is 0. The van der Waals surface area contributed by atoms with Crippen LogP contribution in [0, 0.1) is 0 Å². The smallest absolute Gasteiger partial charge is 0.339 e. The molecule has 1 atom stereocenters. The van der Waals surface area contributed by atoms with E-state index in [1.165, 1.54) is 0 Å². The topological polar surface area (TPSA) is 75.6 Å². The van der Waals surface area contributed by atoms with Gasteiger partial charge in [0, 0.05) is 45.0 Å². The molecule has 0 N–H and O–H groups in total. The minimum atomic E-state index is -1.16. The first-order valence-electron chi connectivity index (χ1n) is 8.69. The van der Waals surface area contributed by atoms with Crippen molar-refractivity contribution < 1.29 is 14.3 Å². The van der Waals surface area contributed by atoms with Crippen molar-refractivity contribution in [2.24, 2.45) is 0 Å². The molecule has 2 aliphatic rings. The Bertz CT molecular complexity index is 834. The third-order valence-corrected chi connectivity index (χ3v) is 4.94. The number of nitrogens with zero attached hydrogens (tertiary/aromatic N) is 4. The number of cyclic esters (lactones) is 1. The Morgan fingerprint density at radius 2 is 1.77 bits per heavy atom. The van der Waals surface area contributed by atoms with Crippen molar-refractivity contribution in [3.05, 3.63) is 53.9 Å². The molecule has 7 nitrogen and oxygen atoms in total. The molecule has 1 saturated heterocycles. The number of anilines is 1. The summed E-state index contributed by atoms with van der Waals surface area (Å²) in [5, 5.41) is 0. The zero-order valence-corrected chi connectivity index (χ0v) is 14.6. The summed E-state index contributed by atoms with van der Waals surface area (Å²) in [5.41, 5.74) is 0.247.